The number of allylic oxidation sites excluding steroid dienone is 1. The predicted octanol–water partition coefficient (Wildman–Crippen LogP) is 5.65. The number of carbonyl (C=O) groups is 3. The van der Waals surface area contributed by atoms with Crippen LogP contribution in [0.1, 0.15) is 42.6 Å². The van der Waals surface area contributed by atoms with Gasteiger partial charge in [-0.15, -0.1) is 0 Å². The number of hydrogen-bond donors (Lipinski definition) is 1. The summed E-state index contributed by atoms with van der Waals surface area (Å²) in [6.07, 6.45) is -0.362. The van der Waals surface area contributed by atoms with Gasteiger partial charge in [-0.1, -0.05) is 86.1 Å². The number of benzene rings is 3. The first-order chi connectivity index (χ1) is 19.1. The van der Waals surface area contributed by atoms with Crippen LogP contribution in [0, 0.1) is 5.41 Å². The van der Waals surface area contributed by atoms with Crippen molar-refractivity contribution in [3.05, 3.63) is 112 Å². The van der Waals surface area contributed by atoms with E-state index in [-0.39, 0.29) is 17.0 Å². The van der Waals surface area contributed by atoms with E-state index in [0.717, 1.165) is 11.4 Å². The smallest absolute Gasteiger partial charge is 0.317 e. The molecule has 0 bridgehead atoms. The van der Waals surface area contributed by atoms with E-state index in [4.69, 9.17) is 16.3 Å². The van der Waals surface area contributed by atoms with Gasteiger partial charge in [0.2, 0.25) is 5.78 Å². The second kappa shape index (κ2) is 9.70. The van der Waals surface area contributed by atoms with Gasteiger partial charge in [-0.05, 0) is 36.1 Å². The molecule has 8 heteroatoms. The lowest BCUT2D eigenvalue weighted by Crippen LogP contribution is -2.51. The zero-order chi connectivity index (χ0) is 28.2. The predicted molar refractivity (Wildman–Crippen MR) is 151 cm³/mol. The normalized spacial score (nSPS) is 25.6. The number of halogens is 1. The van der Waals surface area contributed by atoms with E-state index in [2.05, 4.69) is 13.8 Å². The zero-order valence-corrected chi connectivity index (χ0v) is 23.0. The molecule has 3 atom stereocenters. The molecule has 2 heterocycles. The van der Waals surface area contributed by atoms with Crippen molar-refractivity contribution in [2.45, 2.75) is 44.7 Å². The van der Waals surface area contributed by atoms with Crippen molar-refractivity contribution in [2.75, 3.05) is 11.4 Å². The molecule has 0 radical (unpaired) electrons. The highest BCUT2D eigenvalue weighted by atomic mass is 35.5. The van der Waals surface area contributed by atoms with Gasteiger partial charge in [-0.2, -0.15) is 0 Å². The first kappa shape index (κ1) is 26.4. The van der Waals surface area contributed by atoms with E-state index in [0.29, 0.717) is 34.6 Å². The number of anilines is 1. The van der Waals surface area contributed by atoms with Crippen molar-refractivity contribution in [1.82, 2.24) is 4.90 Å². The van der Waals surface area contributed by atoms with Crippen LogP contribution >= 0.6 is 11.6 Å². The minimum absolute atomic E-state index is 0.0696. The molecule has 40 heavy (non-hydrogen) atoms. The molecule has 1 fully saturated rings. The summed E-state index contributed by atoms with van der Waals surface area (Å²) < 4.78 is 6.91. The van der Waals surface area contributed by atoms with E-state index in [1.165, 1.54) is 0 Å². The van der Waals surface area contributed by atoms with Crippen molar-refractivity contribution < 1.29 is 24.2 Å². The molecule has 3 aromatic carbocycles. The average molecular weight is 557 g/mol. The number of carbonyl (C=O) groups excluding carboxylic acids is 2. The van der Waals surface area contributed by atoms with Crippen molar-refractivity contribution in [3.63, 3.8) is 0 Å². The summed E-state index contributed by atoms with van der Waals surface area (Å²) in [6.45, 7) is 3.62. The summed E-state index contributed by atoms with van der Waals surface area (Å²) in [6, 6.07) is 24.6. The molecule has 0 saturated carbocycles. The Bertz CT molecular complexity index is 1520. The Morgan fingerprint density at radius 3 is 2.20 bits per heavy atom. The first-order valence-electron chi connectivity index (χ1n) is 13.2. The van der Waals surface area contributed by atoms with E-state index in [9.17, 15) is 19.5 Å². The summed E-state index contributed by atoms with van der Waals surface area (Å²) in [5.74, 6) is -1.55. The van der Waals surface area contributed by atoms with Crippen LogP contribution in [0.2, 0.25) is 5.02 Å². The van der Waals surface area contributed by atoms with Gasteiger partial charge in [0, 0.05) is 39.5 Å². The van der Waals surface area contributed by atoms with Gasteiger partial charge in [0.1, 0.15) is 0 Å². The Hall–Kier alpha value is -3.78. The minimum atomic E-state index is -1.37. The van der Waals surface area contributed by atoms with Crippen molar-refractivity contribution in [1.29, 1.82) is 0 Å². The molecule has 7 nitrogen and oxygen atoms in total. The number of carboxylic acids is 1. The van der Waals surface area contributed by atoms with E-state index < -0.39 is 30.5 Å². The Kier molecular flexibility index (Phi) is 6.41. The summed E-state index contributed by atoms with van der Waals surface area (Å²) in [7, 11) is 0. The number of nitrogens with zero attached hydrogens (tertiary/aromatic N) is 2. The molecular weight excluding hydrogens is 528 g/mol. The monoisotopic (exact) mass is 556 g/mol. The van der Waals surface area contributed by atoms with Crippen LogP contribution in [0.5, 0.6) is 0 Å². The van der Waals surface area contributed by atoms with E-state index >= 15 is 0 Å². The van der Waals surface area contributed by atoms with Gasteiger partial charge in [-0.3, -0.25) is 14.4 Å². The van der Waals surface area contributed by atoms with Crippen molar-refractivity contribution in [2.24, 2.45) is 5.41 Å². The molecule has 0 amide bonds. The quantitative estimate of drug-likeness (QED) is 0.392. The molecule has 1 saturated heterocycles. The maximum atomic E-state index is 14.0. The van der Waals surface area contributed by atoms with Gasteiger partial charge >= 0.3 is 5.97 Å². The Morgan fingerprint density at radius 1 is 0.950 bits per heavy atom. The lowest BCUT2D eigenvalue weighted by Gasteiger charge is -2.42. The fraction of sp³-hybridized carbons (Fsp3) is 0.281. The zero-order valence-electron chi connectivity index (χ0n) is 22.2. The highest BCUT2D eigenvalue weighted by Gasteiger charge is 2.68. The number of rotatable bonds is 6. The molecule has 3 aliphatic rings. The van der Waals surface area contributed by atoms with Crippen LogP contribution in [0.3, 0.4) is 0 Å². The van der Waals surface area contributed by atoms with Crippen LogP contribution in [0.15, 0.2) is 96.2 Å². The topological polar surface area (TPSA) is 87.2 Å². The first-order valence-corrected chi connectivity index (χ1v) is 13.6. The Morgan fingerprint density at radius 2 is 1.57 bits per heavy atom. The molecular formula is C32H29ClN2O5. The van der Waals surface area contributed by atoms with Crippen LogP contribution < -0.4 is 4.90 Å². The summed E-state index contributed by atoms with van der Waals surface area (Å²) in [5, 5.41) is 10.6. The molecule has 0 aromatic heterocycles. The third kappa shape index (κ3) is 4.17. The van der Waals surface area contributed by atoms with Gasteiger partial charge in [0.25, 0.3) is 0 Å². The number of ketones is 2. The van der Waals surface area contributed by atoms with Crippen molar-refractivity contribution in [3.8, 4) is 0 Å². The lowest BCUT2D eigenvalue weighted by molar-refractivity contribution is -0.139. The summed E-state index contributed by atoms with van der Waals surface area (Å²) in [5.41, 5.74) is 1.43. The standard InChI is InChI=1S/C32H29ClN2O5/c1-31(2)17-24-27(25(36)18-31)29-32(21-11-7-4-8-12-21,35(24)23-15-13-22(33)14-16-23)40-30(34(29)19-26(37)38)28(39)20-9-5-3-6-10-20/h3-16,29-30H,17-19H2,1-2H3,(H,37,38)/t29-,30-,32-/m0/s1. The molecule has 1 aliphatic carbocycles. The van der Waals surface area contributed by atoms with Gasteiger partial charge in [0.15, 0.2) is 17.7 Å². The number of Topliss-reactive ketones (excluding diaryl/α,β-unsaturated/α-hetero) is 2. The maximum Gasteiger partial charge on any atom is 0.317 e. The second-order valence-corrected chi connectivity index (χ2v) is 11.8. The lowest BCUT2D eigenvalue weighted by atomic mass is 9.74. The van der Waals surface area contributed by atoms with Gasteiger partial charge in [-0.25, -0.2) is 4.90 Å². The number of hydrogen-bond acceptors (Lipinski definition) is 6. The molecule has 1 N–H and O–H groups in total. The van der Waals surface area contributed by atoms with E-state index in [1.807, 2.05) is 53.4 Å². The molecule has 0 spiro atoms. The number of fused-ring (bicyclic) bond motifs is 2. The van der Waals surface area contributed by atoms with Crippen LogP contribution in [0.4, 0.5) is 5.69 Å². The number of aliphatic carboxylic acids is 1. The van der Waals surface area contributed by atoms with Crippen molar-refractivity contribution >= 4 is 34.8 Å². The van der Waals surface area contributed by atoms with Crippen LogP contribution in [-0.2, 0) is 20.1 Å². The number of ether oxygens (including phenoxy) is 1. The van der Waals surface area contributed by atoms with Crippen LogP contribution in [0.25, 0.3) is 0 Å². The SMILES string of the molecule is CC1(C)CC(=O)C2=C(C1)N(c1ccc(Cl)cc1)[C@@]1(c3ccccc3)O[C@@H](C(=O)c3ccccc3)N(CC(=O)O)[C@@H]21. The largest absolute Gasteiger partial charge is 0.480 e. The molecule has 2 aliphatic heterocycles. The maximum absolute atomic E-state index is 14.0. The second-order valence-electron chi connectivity index (χ2n) is 11.3. The highest BCUT2D eigenvalue weighted by Crippen LogP contribution is 2.59. The Balaban J connectivity index is 1.64. The highest BCUT2D eigenvalue weighted by molar-refractivity contribution is 6.30. The summed E-state index contributed by atoms with van der Waals surface area (Å²) >= 11 is 6.27. The average Bonchev–Trinajstić information content (AvgIpc) is 3.39. The van der Waals surface area contributed by atoms with Gasteiger partial charge in [0.05, 0.1) is 12.6 Å². The fourth-order valence-corrected chi connectivity index (χ4v) is 6.59. The third-order valence-electron chi connectivity index (χ3n) is 7.94. The van der Waals surface area contributed by atoms with Crippen LogP contribution in [-0.4, -0.2) is 46.4 Å². The Labute approximate surface area is 237 Å². The number of carboxylic acid groups (broad SMARTS) is 1. The summed E-state index contributed by atoms with van der Waals surface area (Å²) in [4.78, 5) is 43.8. The molecule has 3 aromatic rings. The van der Waals surface area contributed by atoms with E-state index in [1.54, 1.807) is 41.3 Å². The molecule has 6 rings (SSSR count). The third-order valence-corrected chi connectivity index (χ3v) is 8.19. The molecule has 204 valence electrons. The van der Waals surface area contributed by atoms with Gasteiger partial charge < -0.3 is 14.7 Å². The fourth-order valence-electron chi connectivity index (χ4n) is 6.46. The molecule has 0 unspecified atom stereocenters. The minimum Gasteiger partial charge on any atom is -0.480 e.